The van der Waals surface area contributed by atoms with E-state index in [9.17, 15) is 4.79 Å². The van der Waals surface area contributed by atoms with Crippen molar-refractivity contribution in [2.75, 3.05) is 17.7 Å². The lowest BCUT2D eigenvalue weighted by Gasteiger charge is -2.08. The first-order chi connectivity index (χ1) is 15.7. The predicted octanol–water partition coefficient (Wildman–Crippen LogP) is 4.67. The summed E-state index contributed by atoms with van der Waals surface area (Å²) in [6.07, 6.45) is 1.60. The summed E-state index contributed by atoms with van der Waals surface area (Å²) in [6.45, 7) is 2.52. The number of aromatic nitrogens is 4. The Hall–Kier alpha value is -3.85. The van der Waals surface area contributed by atoms with Gasteiger partial charge in [-0.2, -0.15) is 0 Å². The number of hydrogen-bond acceptors (Lipinski definition) is 7. The first-order valence-electron chi connectivity index (χ1n) is 10.1. The summed E-state index contributed by atoms with van der Waals surface area (Å²) in [4.78, 5) is 17.3. The van der Waals surface area contributed by atoms with Crippen molar-refractivity contribution in [3.8, 4) is 17.3 Å². The fourth-order valence-corrected chi connectivity index (χ4v) is 4.09. The van der Waals surface area contributed by atoms with Gasteiger partial charge in [-0.3, -0.25) is 9.20 Å². The van der Waals surface area contributed by atoms with E-state index in [0.717, 1.165) is 16.7 Å². The Morgan fingerprint density at radius 2 is 1.94 bits per heavy atom. The zero-order chi connectivity index (χ0) is 21.9. The van der Waals surface area contributed by atoms with E-state index in [1.165, 1.54) is 11.8 Å². The Bertz CT molecular complexity index is 1380. The van der Waals surface area contributed by atoms with Crippen LogP contribution < -0.4 is 10.1 Å². The number of ether oxygens (including phenoxy) is 1. The van der Waals surface area contributed by atoms with Crippen LogP contribution in [0.25, 0.3) is 28.1 Å². The Morgan fingerprint density at radius 3 is 2.72 bits per heavy atom. The SMILES string of the molecule is CCOc1ccc(NC(=O)CSc2nnc3c4ccccc4nc(-c4ccco4)n23)cc1. The van der Waals surface area contributed by atoms with E-state index in [-0.39, 0.29) is 11.7 Å². The van der Waals surface area contributed by atoms with Crippen molar-refractivity contribution in [2.24, 2.45) is 0 Å². The summed E-state index contributed by atoms with van der Waals surface area (Å²) in [6, 6.07) is 18.6. The minimum atomic E-state index is -0.149. The number of benzene rings is 2. The molecule has 160 valence electrons. The minimum absolute atomic E-state index is 0.149. The molecule has 0 aliphatic rings. The van der Waals surface area contributed by atoms with Gasteiger partial charge in [0.1, 0.15) is 5.75 Å². The number of nitrogens with one attached hydrogen (secondary N) is 1. The summed E-state index contributed by atoms with van der Waals surface area (Å²) in [5, 5.41) is 13.0. The fourth-order valence-electron chi connectivity index (χ4n) is 3.35. The van der Waals surface area contributed by atoms with Gasteiger partial charge in [0.05, 0.1) is 24.1 Å². The van der Waals surface area contributed by atoms with Gasteiger partial charge >= 0.3 is 0 Å². The predicted molar refractivity (Wildman–Crippen MR) is 123 cm³/mol. The number of carbonyl (C=O) groups excluding carboxylic acids is 1. The van der Waals surface area contributed by atoms with Crippen LogP contribution in [0, 0.1) is 0 Å². The number of anilines is 1. The number of hydrogen-bond donors (Lipinski definition) is 1. The molecule has 3 heterocycles. The Morgan fingerprint density at radius 1 is 1.09 bits per heavy atom. The van der Waals surface area contributed by atoms with Gasteiger partial charge in [-0.25, -0.2) is 4.98 Å². The maximum Gasteiger partial charge on any atom is 0.234 e. The van der Waals surface area contributed by atoms with E-state index in [0.29, 0.717) is 34.7 Å². The number of fused-ring (bicyclic) bond motifs is 3. The standard InChI is InChI=1S/C23H19N5O3S/c1-2-30-16-11-9-15(10-12-16)24-20(29)14-32-23-27-26-21-17-6-3-4-7-18(17)25-22(28(21)23)19-8-5-13-31-19/h3-13H,2,14H2,1H3,(H,24,29). The van der Waals surface area contributed by atoms with E-state index in [1.807, 2.05) is 65.9 Å². The number of rotatable bonds is 7. The van der Waals surface area contributed by atoms with Crippen molar-refractivity contribution in [1.29, 1.82) is 0 Å². The lowest BCUT2D eigenvalue weighted by Crippen LogP contribution is -2.14. The highest BCUT2D eigenvalue weighted by Gasteiger charge is 2.19. The summed E-state index contributed by atoms with van der Waals surface area (Å²) >= 11 is 1.29. The molecule has 0 bridgehead atoms. The molecule has 0 unspecified atom stereocenters. The molecule has 0 radical (unpaired) electrons. The third-order valence-electron chi connectivity index (χ3n) is 4.74. The molecule has 9 heteroatoms. The van der Waals surface area contributed by atoms with E-state index in [1.54, 1.807) is 12.3 Å². The van der Waals surface area contributed by atoms with Gasteiger partial charge in [0.2, 0.25) is 5.91 Å². The number of amides is 1. The Balaban J connectivity index is 1.41. The van der Waals surface area contributed by atoms with Crippen LogP contribution in [-0.4, -0.2) is 37.8 Å². The molecule has 5 aromatic rings. The molecule has 0 aliphatic heterocycles. The van der Waals surface area contributed by atoms with Crippen LogP contribution in [0.4, 0.5) is 5.69 Å². The van der Waals surface area contributed by atoms with Crippen molar-refractivity contribution in [3.63, 3.8) is 0 Å². The highest BCUT2D eigenvalue weighted by molar-refractivity contribution is 7.99. The van der Waals surface area contributed by atoms with Crippen molar-refractivity contribution in [2.45, 2.75) is 12.1 Å². The topological polar surface area (TPSA) is 94.5 Å². The third kappa shape index (κ3) is 3.90. The number of nitrogens with zero attached hydrogens (tertiary/aromatic N) is 4. The van der Waals surface area contributed by atoms with Gasteiger partial charge in [-0.15, -0.1) is 10.2 Å². The quantitative estimate of drug-likeness (QED) is 0.364. The van der Waals surface area contributed by atoms with Crippen LogP contribution in [-0.2, 0) is 4.79 Å². The molecule has 0 fully saturated rings. The van der Waals surface area contributed by atoms with Crippen LogP contribution in [0.3, 0.4) is 0 Å². The summed E-state index contributed by atoms with van der Waals surface area (Å²) in [7, 11) is 0. The number of carbonyl (C=O) groups is 1. The summed E-state index contributed by atoms with van der Waals surface area (Å²) in [5.41, 5.74) is 2.16. The normalized spacial score (nSPS) is 11.2. The van der Waals surface area contributed by atoms with Gasteiger partial charge in [0.15, 0.2) is 22.4 Å². The maximum atomic E-state index is 12.5. The first kappa shape index (κ1) is 20.1. The van der Waals surface area contributed by atoms with Crippen LogP contribution in [0.2, 0.25) is 0 Å². The average Bonchev–Trinajstić information content (AvgIpc) is 3.49. The molecule has 0 atom stereocenters. The Kier molecular flexibility index (Phi) is 5.47. The zero-order valence-corrected chi connectivity index (χ0v) is 18.0. The van der Waals surface area contributed by atoms with Gasteiger partial charge in [-0.05, 0) is 55.5 Å². The van der Waals surface area contributed by atoms with Gasteiger partial charge in [0.25, 0.3) is 0 Å². The molecular weight excluding hydrogens is 426 g/mol. The van der Waals surface area contributed by atoms with Crippen molar-refractivity contribution < 1.29 is 13.9 Å². The van der Waals surface area contributed by atoms with Gasteiger partial charge < -0.3 is 14.5 Å². The number of para-hydroxylation sites is 1. The average molecular weight is 446 g/mol. The van der Waals surface area contributed by atoms with E-state index in [4.69, 9.17) is 14.1 Å². The lowest BCUT2D eigenvalue weighted by molar-refractivity contribution is -0.113. The number of furan rings is 1. The molecule has 0 saturated heterocycles. The summed E-state index contributed by atoms with van der Waals surface area (Å²) < 4.78 is 12.9. The van der Waals surface area contributed by atoms with Gasteiger partial charge in [0, 0.05) is 11.1 Å². The molecule has 2 aromatic carbocycles. The molecule has 8 nitrogen and oxygen atoms in total. The zero-order valence-electron chi connectivity index (χ0n) is 17.2. The molecule has 1 amide bonds. The summed E-state index contributed by atoms with van der Waals surface area (Å²) in [5.74, 6) is 1.96. The van der Waals surface area contributed by atoms with E-state index >= 15 is 0 Å². The van der Waals surface area contributed by atoms with Crippen molar-refractivity contribution >= 4 is 39.9 Å². The van der Waals surface area contributed by atoms with Crippen LogP contribution in [0.1, 0.15) is 6.92 Å². The lowest BCUT2D eigenvalue weighted by atomic mass is 10.2. The smallest absolute Gasteiger partial charge is 0.234 e. The minimum Gasteiger partial charge on any atom is -0.494 e. The Labute approximate surface area is 187 Å². The molecule has 0 saturated carbocycles. The maximum absolute atomic E-state index is 12.5. The second-order valence-corrected chi connectivity index (χ2v) is 7.81. The molecule has 1 N–H and O–H groups in total. The molecule has 3 aromatic heterocycles. The van der Waals surface area contributed by atoms with Crippen LogP contribution >= 0.6 is 11.8 Å². The second-order valence-electron chi connectivity index (χ2n) is 6.87. The van der Waals surface area contributed by atoms with Gasteiger partial charge in [-0.1, -0.05) is 23.9 Å². The highest BCUT2D eigenvalue weighted by Crippen LogP contribution is 2.29. The fraction of sp³-hybridized carbons (Fsp3) is 0.130. The first-order valence-corrected chi connectivity index (χ1v) is 11.0. The molecule has 32 heavy (non-hydrogen) atoms. The molecule has 0 spiro atoms. The molecule has 5 rings (SSSR count). The van der Waals surface area contributed by atoms with Crippen LogP contribution in [0.15, 0.2) is 76.5 Å². The van der Waals surface area contributed by atoms with Crippen molar-refractivity contribution in [1.82, 2.24) is 19.6 Å². The largest absolute Gasteiger partial charge is 0.494 e. The monoisotopic (exact) mass is 445 g/mol. The second kappa shape index (κ2) is 8.72. The molecular formula is C23H19N5O3S. The van der Waals surface area contributed by atoms with Crippen molar-refractivity contribution in [3.05, 3.63) is 66.9 Å². The van der Waals surface area contributed by atoms with E-state index in [2.05, 4.69) is 15.5 Å². The van der Waals surface area contributed by atoms with Crippen LogP contribution in [0.5, 0.6) is 5.75 Å². The van der Waals surface area contributed by atoms with E-state index < -0.39 is 0 Å². The highest BCUT2D eigenvalue weighted by atomic mass is 32.2. The molecule has 0 aliphatic carbocycles. The number of thioether (sulfide) groups is 1. The third-order valence-corrected chi connectivity index (χ3v) is 5.67.